The molecule has 0 aromatic heterocycles. The van der Waals surface area contributed by atoms with Crippen LogP contribution in [0.5, 0.6) is 0 Å². The van der Waals surface area contributed by atoms with E-state index in [0.29, 0.717) is 0 Å². The van der Waals surface area contributed by atoms with Gasteiger partial charge in [-0.05, 0) is 19.6 Å². The van der Waals surface area contributed by atoms with E-state index in [0.717, 1.165) is 0 Å². The van der Waals surface area contributed by atoms with Crippen molar-refractivity contribution in [2.24, 2.45) is 0 Å². The van der Waals surface area contributed by atoms with Gasteiger partial charge < -0.3 is 24.1 Å². The Morgan fingerprint density at radius 2 is 1.21 bits per heavy atom. The number of hydrogen-bond acceptors (Lipinski definition) is 4. The van der Waals surface area contributed by atoms with Crippen LogP contribution in [0.1, 0.15) is 20.8 Å². The SMILES string of the molecule is CCN(CC)CC.O=P([O-])([O-])O.[Na+].[Na+]. The number of rotatable bonds is 3. The van der Waals surface area contributed by atoms with Gasteiger partial charge in [-0.1, -0.05) is 20.8 Å². The summed E-state index contributed by atoms with van der Waals surface area (Å²) in [6.07, 6.45) is 0. The van der Waals surface area contributed by atoms with Crippen LogP contribution in [0.3, 0.4) is 0 Å². The summed E-state index contributed by atoms with van der Waals surface area (Å²) in [7, 11) is -5.14. The Labute approximate surface area is 130 Å². The molecule has 0 amide bonds. The second-order valence-electron chi connectivity index (χ2n) is 2.09. The zero-order chi connectivity index (χ0) is 10.2. The van der Waals surface area contributed by atoms with E-state index in [1.807, 2.05) is 0 Å². The average Bonchev–Trinajstić information content (AvgIpc) is 1.88. The zero-order valence-electron chi connectivity index (χ0n) is 9.69. The maximum Gasteiger partial charge on any atom is 1.00 e. The largest absolute Gasteiger partial charge is 1.00 e. The molecule has 0 spiro atoms. The van der Waals surface area contributed by atoms with Crippen LogP contribution in [0.4, 0.5) is 0 Å². The first-order valence-electron chi connectivity index (χ1n) is 3.82. The fourth-order valence-corrected chi connectivity index (χ4v) is 0.671. The Bertz CT molecular complexity index is 126. The number of hydrogen-bond donors (Lipinski definition) is 1. The molecule has 0 aromatic rings. The van der Waals surface area contributed by atoms with Crippen molar-refractivity contribution in [3.05, 3.63) is 0 Å². The summed E-state index contributed by atoms with van der Waals surface area (Å²) in [6, 6.07) is 0. The van der Waals surface area contributed by atoms with Crippen LogP contribution in [0.2, 0.25) is 0 Å². The maximum absolute atomic E-state index is 8.66. The Balaban J connectivity index is -0.0000000651. The van der Waals surface area contributed by atoms with Gasteiger partial charge in [0.2, 0.25) is 0 Å². The topological polar surface area (TPSA) is 86.7 Å². The molecule has 0 aliphatic rings. The third-order valence-corrected chi connectivity index (χ3v) is 1.34. The first-order chi connectivity index (χ1) is 5.35. The molecular weight excluding hydrogens is 227 g/mol. The first kappa shape index (κ1) is 25.1. The van der Waals surface area contributed by atoms with Crippen molar-refractivity contribution in [3.63, 3.8) is 0 Å². The van der Waals surface area contributed by atoms with Crippen molar-refractivity contribution in [1.29, 1.82) is 0 Å². The Morgan fingerprint density at radius 3 is 1.21 bits per heavy atom. The Morgan fingerprint density at radius 1 is 1.07 bits per heavy atom. The second-order valence-corrected chi connectivity index (χ2v) is 3.03. The number of phosphoric acid groups is 1. The molecule has 0 aliphatic heterocycles. The molecule has 5 nitrogen and oxygen atoms in total. The average molecular weight is 243 g/mol. The van der Waals surface area contributed by atoms with Crippen molar-refractivity contribution < 1.29 is 78.4 Å². The first-order valence-corrected chi connectivity index (χ1v) is 5.31. The molecule has 0 atom stereocenters. The molecule has 0 radical (unpaired) electrons. The molecule has 0 heterocycles. The van der Waals surface area contributed by atoms with Crippen LogP contribution in [-0.2, 0) is 4.57 Å². The molecule has 0 saturated carbocycles. The molecule has 0 bridgehead atoms. The molecule has 0 unspecified atom stereocenters. The molecule has 76 valence electrons. The molecule has 0 rings (SSSR count). The predicted octanol–water partition coefficient (Wildman–Crippen LogP) is -6.84. The summed E-state index contributed by atoms with van der Waals surface area (Å²) in [5, 5.41) is 0. The summed E-state index contributed by atoms with van der Waals surface area (Å²) < 4.78 is 8.66. The molecule has 0 aromatic carbocycles. The van der Waals surface area contributed by atoms with Crippen molar-refractivity contribution in [3.8, 4) is 0 Å². The summed E-state index contributed by atoms with van der Waals surface area (Å²) >= 11 is 0. The Kier molecular flexibility index (Phi) is 27.0. The van der Waals surface area contributed by atoms with Gasteiger partial charge >= 0.3 is 59.1 Å². The van der Waals surface area contributed by atoms with Crippen molar-refractivity contribution in [1.82, 2.24) is 4.90 Å². The maximum atomic E-state index is 8.66. The van der Waals surface area contributed by atoms with Gasteiger partial charge in [0.15, 0.2) is 0 Å². The predicted molar refractivity (Wildman–Crippen MR) is 43.3 cm³/mol. The van der Waals surface area contributed by atoms with Crippen molar-refractivity contribution in [2.45, 2.75) is 20.8 Å². The Hall–Kier alpha value is 2.07. The van der Waals surface area contributed by atoms with Crippen LogP contribution in [0.15, 0.2) is 0 Å². The van der Waals surface area contributed by atoms with Crippen molar-refractivity contribution in [2.75, 3.05) is 19.6 Å². The van der Waals surface area contributed by atoms with Crippen LogP contribution in [-0.4, -0.2) is 29.4 Å². The zero-order valence-corrected chi connectivity index (χ0v) is 14.6. The van der Waals surface area contributed by atoms with E-state index in [4.69, 9.17) is 19.2 Å². The minimum atomic E-state index is -5.14. The van der Waals surface area contributed by atoms with Gasteiger partial charge in [-0.15, -0.1) is 0 Å². The van der Waals surface area contributed by atoms with Gasteiger partial charge in [0.05, 0.1) is 7.82 Å². The molecule has 14 heavy (non-hydrogen) atoms. The molecule has 0 saturated heterocycles. The van der Waals surface area contributed by atoms with E-state index in [9.17, 15) is 0 Å². The van der Waals surface area contributed by atoms with E-state index < -0.39 is 7.82 Å². The fourth-order valence-electron chi connectivity index (χ4n) is 0.671. The molecule has 0 fully saturated rings. The summed E-state index contributed by atoms with van der Waals surface area (Å²) in [6.45, 7) is 10.1. The fraction of sp³-hybridized carbons (Fsp3) is 1.00. The number of nitrogens with zero attached hydrogens (tertiary/aromatic N) is 1. The minimum absolute atomic E-state index is 0. The summed E-state index contributed by atoms with van der Waals surface area (Å²) in [5.41, 5.74) is 0. The summed E-state index contributed by atoms with van der Waals surface area (Å²) in [4.78, 5) is 26.7. The third-order valence-electron chi connectivity index (χ3n) is 1.34. The third kappa shape index (κ3) is 36.9. The second kappa shape index (κ2) is 15.1. The van der Waals surface area contributed by atoms with Gasteiger partial charge in [-0.2, -0.15) is 0 Å². The standard InChI is InChI=1S/C6H15N.2Na.H3O4P/c1-4-7(5-2)6-3;;;1-5(2,3)4/h4-6H2,1-3H3;;;(H3,1,2,3,4)/q;2*+1;/p-2. The molecular formula is C6H16NNa2O4P. The molecule has 1 N–H and O–H groups in total. The molecule has 0 aliphatic carbocycles. The van der Waals surface area contributed by atoms with Gasteiger partial charge in [-0.25, -0.2) is 0 Å². The smallest absolute Gasteiger partial charge is 0.790 e. The minimum Gasteiger partial charge on any atom is -0.790 e. The monoisotopic (exact) mass is 243 g/mol. The van der Waals surface area contributed by atoms with Gasteiger partial charge in [0.25, 0.3) is 0 Å². The van der Waals surface area contributed by atoms with E-state index in [2.05, 4.69) is 25.7 Å². The van der Waals surface area contributed by atoms with Crippen LogP contribution in [0.25, 0.3) is 0 Å². The van der Waals surface area contributed by atoms with E-state index >= 15 is 0 Å². The normalized spacial score (nSPS) is 9.36. The van der Waals surface area contributed by atoms with E-state index in [1.54, 1.807) is 0 Å². The quantitative estimate of drug-likeness (QED) is 0.393. The summed E-state index contributed by atoms with van der Waals surface area (Å²) in [5.74, 6) is 0. The van der Waals surface area contributed by atoms with Gasteiger partial charge in [0.1, 0.15) is 0 Å². The van der Waals surface area contributed by atoms with Crippen LogP contribution in [0, 0.1) is 0 Å². The van der Waals surface area contributed by atoms with E-state index in [-0.39, 0.29) is 59.1 Å². The van der Waals surface area contributed by atoms with Gasteiger partial charge in [-0.3, -0.25) is 0 Å². The van der Waals surface area contributed by atoms with Crippen LogP contribution < -0.4 is 68.9 Å². The van der Waals surface area contributed by atoms with E-state index in [1.165, 1.54) is 19.6 Å². The van der Waals surface area contributed by atoms with Gasteiger partial charge in [0, 0.05) is 0 Å². The molecule has 8 heteroatoms. The van der Waals surface area contributed by atoms with Crippen LogP contribution >= 0.6 is 7.82 Å². The van der Waals surface area contributed by atoms with Crippen molar-refractivity contribution >= 4 is 7.82 Å².